The summed E-state index contributed by atoms with van der Waals surface area (Å²) in [5.74, 6) is 1.90. The van der Waals surface area contributed by atoms with E-state index in [1.165, 1.54) is 0 Å². The van der Waals surface area contributed by atoms with Gasteiger partial charge in [-0.1, -0.05) is 18.2 Å². The molecule has 0 saturated carbocycles. The number of carbonyl (C=O) groups excluding carboxylic acids is 1. The van der Waals surface area contributed by atoms with Crippen molar-refractivity contribution in [2.45, 2.75) is 32.4 Å². The van der Waals surface area contributed by atoms with E-state index in [4.69, 9.17) is 9.15 Å². The van der Waals surface area contributed by atoms with Gasteiger partial charge in [-0.15, -0.1) is 0 Å². The minimum Gasteiger partial charge on any atom is -0.461 e. The molecule has 1 saturated heterocycles. The Balaban J connectivity index is 1.75. The van der Waals surface area contributed by atoms with E-state index >= 15 is 0 Å². The number of rotatable bonds is 3. The van der Waals surface area contributed by atoms with E-state index in [1.807, 2.05) is 38.1 Å². The Morgan fingerprint density at radius 3 is 2.88 bits per heavy atom. The number of furan rings is 1. The zero-order valence-electron chi connectivity index (χ0n) is 14.4. The second-order valence-electron chi connectivity index (χ2n) is 6.38. The van der Waals surface area contributed by atoms with Crippen LogP contribution in [0.3, 0.4) is 0 Å². The molecule has 1 aliphatic rings. The van der Waals surface area contributed by atoms with E-state index in [0.717, 1.165) is 16.8 Å². The van der Waals surface area contributed by atoms with Crippen LogP contribution in [0.1, 0.15) is 40.2 Å². The largest absolute Gasteiger partial charge is 0.461 e. The highest BCUT2D eigenvalue weighted by molar-refractivity contribution is 6.07. The van der Waals surface area contributed by atoms with E-state index in [0.29, 0.717) is 30.1 Å². The fourth-order valence-corrected chi connectivity index (χ4v) is 3.52. The number of benzene rings is 1. The molecule has 3 heterocycles. The molecule has 3 aromatic rings. The molecule has 2 aromatic heterocycles. The van der Waals surface area contributed by atoms with Gasteiger partial charge in [0.05, 0.1) is 17.7 Å². The number of aromatic nitrogens is 3. The van der Waals surface area contributed by atoms with E-state index in [1.54, 1.807) is 12.0 Å². The molecule has 0 spiro atoms. The first-order valence-corrected chi connectivity index (χ1v) is 8.29. The normalized spacial score (nSPS) is 20.5. The van der Waals surface area contributed by atoms with Crippen molar-refractivity contribution in [3.8, 4) is 0 Å². The smallest absolute Gasteiger partial charge is 0.258 e. The van der Waals surface area contributed by atoms with Crippen molar-refractivity contribution < 1.29 is 13.9 Å². The van der Waals surface area contributed by atoms with Crippen LogP contribution in [0.5, 0.6) is 0 Å². The van der Waals surface area contributed by atoms with Gasteiger partial charge in [-0.05, 0) is 19.9 Å². The van der Waals surface area contributed by atoms with Gasteiger partial charge in [-0.3, -0.25) is 9.89 Å². The van der Waals surface area contributed by atoms with Gasteiger partial charge in [0.1, 0.15) is 17.2 Å². The first kappa shape index (κ1) is 15.8. The number of para-hydroxylation sites is 1. The summed E-state index contributed by atoms with van der Waals surface area (Å²) in [4.78, 5) is 19.6. The number of amides is 1. The molecule has 25 heavy (non-hydrogen) atoms. The molecule has 4 rings (SSSR count). The number of hydrogen-bond donors (Lipinski definition) is 1. The maximum atomic E-state index is 13.3. The fourth-order valence-electron chi connectivity index (χ4n) is 3.52. The van der Waals surface area contributed by atoms with Crippen molar-refractivity contribution in [3.05, 3.63) is 47.2 Å². The number of nitrogens with zero attached hydrogens (tertiary/aromatic N) is 3. The van der Waals surface area contributed by atoms with Gasteiger partial charge in [0.25, 0.3) is 5.91 Å². The van der Waals surface area contributed by atoms with Gasteiger partial charge in [0, 0.05) is 25.5 Å². The molecule has 0 aliphatic carbocycles. The molecule has 1 amide bonds. The number of carbonyl (C=O) groups is 1. The van der Waals surface area contributed by atoms with Crippen molar-refractivity contribution in [3.63, 3.8) is 0 Å². The second-order valence-corrected chi connectivity index (χ2v) is 6.38. The molecule has 0 radical (unpaired) electrons. The molecule has 2 atom stereocenters. The van der Waals surface area contributed by atoms with Crippen LogP contribution in [0.25, 0.3) is 11.0 Å². The third-order valence-corrected chi connectivity index (χ3v) is 4.75. The highest BCUT2D eigenvalue weighted by Gasteiger charge is 2.40. The Morgan fingerprint density at radius 2 is 2.16 bits per heavy atom. The van der Waals surface area contributed by atoms with Gasteiger partial charge in [0.2, 0.25) is 0 Å². The number of methoxy groups -OCH3 is 1. The van der Waals surface area contributed by atoms with Crippen molar-refractivity contribution >= 4 is 16.9 Å². The number of likely N-dealkylation sites (tertiary alicyclic amines) is 1. The van der Waals surface area contributed by atoms with Crippen molar-refractivity contribution in [1.29, 1.82) is 0 Å². The number of aromatic amines is 1. The van der Waals surface area contributed by atoms with Crippen molar-refractivity contribution in [1.82, 2.24) is 20.1 Å². The predicted molar refractivity (Wildman–Crippen MR) is 91.3 cm³/mol. The van der Waals surface area contributed by atoms with Crippen molar-refractivity contribution in [2.24, 2.45) is 0 Å². The minimum atomic E-state index is -0.213. The van der Waals surface area contributed by atoms with Gasteiger partial charge < -0.3 is 14.1 Å². The number of aryl methyl sites for hydroxylation is 2. The molecule has 0 bridgehead atoms. The first-order chi connectivity index (χ1) is 12.1. The van der Waals surface area contributed by atoms with Gasteiger partial charge in [0.15, 0.2) is 5.82 Å². The van der Waals surface area contributed by atoms with Gasteiger partial charge >= 0.3 is 0 Å². The zero-order valence-corrected chi connectivity index (χ0v) is 14.4. The van der Waals surface area contributed by atoms with Crippen LogP contribution in [0.15, 0.2) is 28.7 Å². The molecule has 1 aromatic carbocycles. The topological polar surface area (TPSA) is 84.2 Å². The highest BCUT2D eigenvalue weighted by atomic mass is 16.5. The standard InChI is InChI=1S/C18H20N4O3/c1-10-16(13-6-4-5-7-15(13)25-10)18(23)22-9-12(24-3)8-14(22)17-19-11(2)20-21-17/h4-7,12,14H,8-9H2,1-3H3,(H,19,20,21)/t12-,14+/m1/s1. The summed E-state index contributed by atoms with van der Waals surface area (Å²) in [5.41, 5.74) is 1.32. The van der Waals surface area contributed by atoms with E-state index in [-0.39, 0.29) is 18.1 Å². The Kier molecular flexibility index (Phi) is 3.80. The minimum absolute atomic E-state index is 0.0359. The predicted octanol–water partition coefficient (Wildman–Crippen LogP) is 2.77. The molecule has 1 fully saturated rings. The van der Waals surface area contributed by atoms with Crippen LogP contribution in [0, 0.1) is 13.8 Å². The molecule has 130 valence electrons. The molecular formula is C18H20N4O3. The number of nitrogens with one attached hydrogen (secondary N) is 1. The van der Waals surface area contributed by atoms with Crippen LogP contribution < -0.4 is 0 Å². The van der Waals surface area contributed by atoms with E-state index in [9.17, 15) is 4.79 Å². The second kappa shape index (κ2) is 6.00. The summed E-state index contributed by atoms with van der Waals surface area (Å²) < 4.78 is 11.3. The zero-order chi connectivity index (χ0) is 17.6. The molecule has 1 aliphatic heterocycles. The SMILES string of the molecule is CO[C@@H]1C[C@@H](c2n[nH]c(C)n2)N(C(=O)c2c(C)oc3ccccc23)C1. The third-order valence-electron chi connectivity index (χ3n) is 4.75. The van der Waals surface area contributed by atoms with Gasteiger partial charge in [-0.2, -0.15) is 5.10 Å². The monoisotopic (exact) mass is 340 g/mol. The maximum absolute atomic E-state index is 13.3. The maximum Gasteiger partial charge on any atom is 0.258 e. The Labute approximate surface area is 145 Å². The third kappa shape index (κ3) is 2.60. The summed E-state index contributed by atoms with van der Waals surface area (Å²) in [6, 6.07) is 7.38. The Hall–Kier alpha value is -2.67. The van der Waals surface area contributed by atoms with E-state index < -0.39 is 0 Å². The molecular weight excluding hydrogens is 320 g/mol. The lowest BCUT2D eigenvalue weighted by Gasteiger charge is -2.22. The summed E-state index contributed by atoms with van der Waals surface area (Å²) >= 11 is 0. The van der Waals surface area contributed by atoms with Crippen LogP contribution in [-0.2, 0) is 4.74 Å². The lowest BCUT2D eigenvalue weighted by molar-refractivity contribution is 0.0684. The number of fused-ring (bicyclic) bond motifs is 1. The summed E-state index contributed by atoms with van der Waals surface area (Å²) in [6.07, 6.45) is 0.639. The average molecular weight is 340 g/mol. The number of ether oxygens (including phenoxy) is 1. The lowest BCUT2D eigenvalue weighted by atomic mass is 10.1. The van der Waals surface area contributed by atoms with Crippen LogP contribution >= 0.6 is 0 Å². The number of H-pyrrole nitrogens is 1. The fraction of sp³-hybridized carbons (Fsp3) is 0.389. The molecule has 1 N–H and O–H groups in total. The van der Waals surface area contributed by atoms with Gasteiger partial charge in [-0.25, -0.2) is 4.98 Å². The highest BCUT2D eigenvalue weighted by Crippen LogP contribution is 2.35. The Morgan fingerprint density at radius 1 is 1.36 bits per heavy atom. The first-order valence-electron chi connectivity index (χ1n) is 8.29. The summed E-state index contributed by atoms with van der Waals surface area (Å²) in [7, 11) is 1.66. The lowest BCUT2D eigenvalue weighted by Crippen LogP contribution is -2.32. The molecule has 7 heteroatoms. The summed E-state index contributed by atoms with van der Waals surface area (Å²) in [5, 5.41) is 7.94. The molecule has 7 nitrogen and oxygen atoms in total. The molecule has 0 unspecified atom stereocenters. The van der Waals surface area contributed by atoms with Crippen LogP contribution in [0.2, 0.25) is 0 Å². The average Bonchev–Trinajstić information content (AvgIpc) is 3.29. The quantitative estimate of drug-likeness (QED) is 0.792. The van der Waals surface area contributed by atoms with Crippen LogP contribution in [-0.4, -0.2) is 45.7 Å². The van der Waals surface area contributed by atoms with E-state index in [2.05, 4.69) is 15.2 Å². The summed E-state index contributed by atoms with van der Waals surface area (Å²) in [6.45, 7) is 4.18. The Bertz CT molecular complexity index is 929. The number of hydrogen-bond acceptors (Lipinski definition) is 5. The van der Waals surface area contributed by atoms with Crippen molar-refractivity contribution in [2.75, 3.05) is 13.7 Å². The van der Waals surface area contributed by atoms with Crippen LogP contribution in [0.4, 0.5) is 0 Å².